The van der Waals surface area contributed by atoms with Crippen molar-refractivity contribution >= 4 is 52.8 Å². The van der Waals surface area contributed by atoms with Gasteiger partial charge in [-0.05, 0) is 43.4 Å². The van der Waals surface area contributed by atoms with Gasteiger partial charge in [0, 0.05) is 18.4 Å². The third kappa shape index (κ3) is 6.95. The molecule has 4 amide bonds. The molecule has 0 aromatic carbocycles. The Morgan fingerprint density at radius 2 is 1.63 bits per heavy atom. The van der Waals surface area contributed by atoms with E-state index in [1.807, 2.05) is 20.8 Å². The van der Waals surface area contributed by atoms with Crippen LogP contribution in [0, 0.1) is 29.1 Å². The molecule has 41 heavy (non-hydrogen) atoms. The second-order valence-corrected chi connectivity index (χ2v) is 14.9. The smallest absolute Gasteiger partial charge is 0.408 e. The molecule has 10 nitrogen and oxygen atoms in total. The molecular formula is C29H44Cl2N4O6. The first kappa shape index (κ1) is 31.9. The summed E-state index contributed by atoms with van der Waals surface area (Å²) in [6.45, 7) is 7.82. The Kier molecular flexibility index (Phi) is 9.53. The number of alkyl halides is 2. The number of ketones is 1. The van der Waals surface area contributed by atoms with Crippen LogP contribution in [0.1, 0.15) is 85.5 Å². The number of carbonyl (C=O) groups is 5. The van der Waals surface area contributed by atoms with Gasteiger partial charge in [-0.1, -0.05) is 59.3 Å². The maximum absolute atomic E-state index is 14.2. The highest BCUT2D eigenvalue weighted by molar-refractivity contribution is 6.51. The van der Waals surface area contributed by atoms with E-state index in [1.54, 1.807) is 6.92 Å². The number of alkyl carbamates (subject to hydrolysis) is 1. The van der Waals surface area contributed by atoms with Crippen LogP contribution in [0.3, 0.4) is 0 Å². The summed E-state index contributed by atoms with van der Waals surface area (Å²) in [5, 5.41) is 5.53. The van der Waals surface area contributed by atoms with E-state index >= 15 is 0 Å². The quantitative estimate of drug-likeness (QED) is 0.253. The van der Waals surface area contributed by atoms with Gasteiger partial charge in [-0.3, -0.25) is 19.2 Å². The van der Waals surface area contributed by atoms with Gasteiger partial charge >= 0.3 is 6.09 Å². The average Bonchev–Trinajstić information content (AvgIpc) is 3.20. The Morgan fingerprint density at radius 3 is 2.17 bits per heavy atom. The first-order valence-corrected chi connectivity index (χ1v) is 15.7. The zero-order valence-electron chi connectivity index (χ0n) is 24.4. The number of Topliss-reactive ketones (excluding diaryl/α,β-unsaturated/α-hetero) is 1. The third-order valence-corrected chi connectivity index (χ3v) is 10.8. The molecule has 230 valence electrons. The summed E-state index contributed by atoms with van der Waals surface area (Å²) in [6, 6.07) is -3.02. The van der Waals surface area contributed by atoms with Gasteiger partial charge in [-0.15, -0.1) is 23.2 Å². The molecule has 0 aromatic rings. The van der Waals surface area contributed by atoms with Crippen LogP contribution < -0.4 is 16.4 Å². The Labute approximate surface area is 252 Å². The standard InChI is InChI=1S/C29H44Cl2N4O6/c1-15(28(2,3)4)41-27(40)34-21(17-11-6-5-7-12-17)26(39)35-14-18-20(29(18,30)31)22(35)25(38)33-19(23(36)24(32)37)13-16-9-8-10-16/h15-22H,5-14H2,1-4H3,(H2,32,37)(H,33,38)(H,34,40)/t15?,18-,19?,20-,21-,22-/m0/s1. The largest absolute Gasteiger partial charge is 0.446 e. The van der Waals surface area contributed by atoms with Gasteiger partial charge in [0.25, 0.3) is 5.91 Å². The number of primary amides is 1. The van der Waals surface area contributed by atoms with E-state index in [-0.39, 0.29) is 29.7 Å². The number of ether oxygens (including phenoxy) is 1. The summed E-state index contributed by atoms with van der Waals surface area (Å²) in [6.07, 6.45) is 6.50. The Balaban J connectivity index is 1.55. The number of nitrogens with two attached hydrogens (primary N) is 1. The highest BCUT2D eigenvalue weighted by Gasteiger charge is 2.74. The number of amides is 4. The summed E-state index contributed by atoms with van der Waals surface area (Å²) in [4.78, 5) is 66.7. The van der Waals surface area contributed by atoms with Crippen LogP contribution in [-0.4, -0.2) is 69.6 Å². The minimum absolute atomic E-state index is 0.117. The highest BCUT2D eigenvalue weighted by atomic mass is 35.5. The van der Waals surface area contributed by atoms with Crippen LogP contribution in [0.5, 0.6) is 0 Å². The maximum Gasteiger partial charge on any atom is 0.408 e. The van der Waals surface area contributed by atoms with Crippen molar-refractivity contribution in [3.8, 4) is 0 Å². The number of fused-ring (bicyclic) bond motifs is 1. The predicted octanol–water partition coefficient (Wildman–Crippen LogP) is 3.46. The summed E-state index contributed by atoms with van der Waals surface area (Å²) in [5.74, 6) is -3.76. The fourth-order valence-corrected chi connectivity index (χ4v) is 7.21. The number of nitrogens with zero attached hydrogens (tertiary/aromatic N) is 1. The fraction of sp³-hybridized carbons (Fsp3) is 0.828. The van der Waals surface area contributed by atoms with E-state index in [1.165, 1.54) is 4.90 Å². The lowest BCUT2D eigenvalue weighted by Gasteiger charge is -2.37. The number of rotatable bonds is 10. The second kappa shape index (κ2) is 12.3. The van der Waals surface area contributed by atoms with E-state index in [0.717, 1.165) is 51.4 Å². The molecule has 12 heteroatoms. The van der Waals surface area contributed by atoms with Crippen LogP contribution in [0.25, 0.3) is 0 Å². The van der Waals surface area contributed by atoms with Crippen molar-refractivity contribution in [1.29, 1.82) is 0 Å². The molecule has 1 heterocycles. The Bertz CT molecular complexity index is 1050. The van der Waals surface area contributed by atoms with Gasteiger partial charge in [0.2, 0.25) is 17.6 Å². The first-order valence-electron chi connectivity index (χ1n) is 14.9. The molecule has 1 aliphatic heterocycles. The topological polar surface area (TPSA) is 148 Å². The molecule has 1 saturated heterocycles. The molecule has 0 spiro atoms. The van der Waals surface area contributed by atoms with E-state index < -0.39 is 64.1 Å². The second-order valence-electron chi connectivity index (χ2n) is 13.5. The average molecular weight is 616 g/mol. The van der Waals surface area contributed by atoms with E-state index in [9.17, 15) is 24.0 Å². The van der Waals surface area contributed by atoms with Crippen LogP contribution >= 0.6 is 23.2 Å². The number of nitrogens with one attached hydrogen (secondary N) is 2. The van der Waals surface area contributed by atoms with Crippen molar-refractivity contribution in [3.05, 3.63) is 0 Å². The van der Waals surface area contributed by atoms with Gasteiger partial charge in [0.05, 0.1) is 6.04 Å². The minimum Gasteiger partial charge on any atom is -0.446 e. The molecule has 0 aromatic heterocycles. The van der Waals surface area contributed by atoms with Gasteiger partial charge in [0.15, 0.2) is 0 Å². The number of hydrogen-bond acceptors (Lipinski definition) is 6. The number of likely N-dealkylation sites (tertiary alicyclic amines) is 1. The van der Waals surface area contributed by atoms with Crippen molar-refractivity contribution in [2.24, 2.45) is 34.8 Å². The number of carbonyl (C=O) groups excluding carboxylic acids is 5. The van der Waals surface area contributed by atoms with Crippen molar-refractivity contribution in [2.75, 3.05) is 6.54 Å². The first-order chi connectivity index (χ1) is 19.1. The monoisotopic (exact) mass is 614 g/mol. The molecule has 4 aliphatic rings. The van der Waals surface area contributed by atoms with Gasteiger partial charge in [-0.2, -0.15) is 0 Å². The zero-order chi connectivity index (χ0) is 30.3. The van der Waals surface area contributed by atoms with Crippen molar-refractivity contribution < 1.29 is 28.7 Å². The van der Waals surface area contributed by atoms with E-state index in [2.05, 4.69) is 10.6 Å². The summed E-state index contributed by atoms with van der Waals surface area (Å²) in [7, 11) is 0. The molecule has 4 rings (SSSR count). The lowest BCUT2D eigenvalue weighted by Crippen LogP contribution is -2.60. The van der Waals surface area contributed by atoms with Crippen LogP contribution in [0.4, 0.5) is 4.79 Å². The molecular weight excluding hydrogens is 571 g/mol. The van der Waals surface area contributed by atoms with Gasteiger partial charge in [0.1, 0.15) is 22.5 Å². The number of halogens is 2. The molecule has 2 unspecified atom stereocenters. The fourth-order valence-electron chi connectivity index (χ4n) is 6.38. The Hall–Kier alpha value is -2.07. The highest BCUT2D eigenvalue weighted by Crippen LogP contribution is 2.65. The predicted molar refractivity (Wildman–Crippen MR) is 154 cm³/mol. The summed E-state index contributed by atoms with van der Waals surface area (Å²) < 4.78 is 4.43. The normalized spacial score (nSPS) is 28.0. The molecule has 4 fully saturated rings. The van der Waals surface area contributed by atoms with Crippen LogP contribution in [0.2, 0.25) is 0 Å². The lowest BCUT2D eigenvalue weighted by atomic mass is 9.80. The molecule has 0 radical (unpaired) electrons. The lowest BCUT2D eigenvalue weighted by molar-refractivity contribution is -0.144. The van der Waals surface area contributed by atoms with Gasteiger partial charge < -0.3 is 26.0 Å². The maximum atomic E-state index is 14.2. The summed E-state index contributed by atoms with van der Waals surface area (Å²) in [5.41, 5.74) is 5.00. The molecule has 4 N–H and O–H groups in total. The minimum atomic E-state index is -1.19. The molecule has 3 saturated carbocycles. The SMILES string of the molecule is CC(OC(=O)N[C@H](C(=O)N1C[C@H]2[C@@H]([C@H]1C(=O)NC(CC1CCC1)C(=O)C(N)=O)C2(Cl)Cl)C1CCCCC1)C(C)(C)C. The third-order valence-electron chi connectivity index (χ3n) is 9.72. The van der Waals surface area contributed by atoms with Crippen molar-refractivity contribution in [1.82, 2.24) is 15.5 Å². The Morgan fingerprint density at radius 1 is 1.00 bits per heavy atom. The van der Waals surface area contributed by atoms with Crippen LogP contribution in [0.15, 0.2) is 0 Å². The van der Waals surface area contributed by atoms with Crippen molar-refractivity contribution in [3.63, 3.8) is 0 Å². The van der Waals surface area contributed by atoms with Gasteiger partial charge in [-0.25, -0.2) is 4.79 Å². The zero-order valence-corrected chi connectivity index (χ0v) is 25.9. The molecule has 0 bridgehead atoms. The molecule has 6 atom stereocenters. The number of hydrogen-bond donors (Lipinski definition) is 3. The van der Waals surface area contributed by atoms with E-state index in [4.69, 9.17) is 33.7 Å². The molecule has 3 aliphatic carbocycles. The van der Waals surface area contributed by atoms with E-state index in [0.29, 0.717) is 6.42 Å². The van der Waals surface area contributed by atoms with Crippen molar-refractivity contribution in [2.45, 2.75) is 114 Å². The summed E-state index contributed by atoms with van der Waals surface area (Å²) >= 11 is 13.0. The number of piperidine rings is 1. The van der Waals surface area contributed by atoms with Crippen LogP contribution in [-0.2, 0) is 23.9 Å².